The van der Waals surface area contributed by atoms with Gasteiger partial charge >= 0.3 is 5.97 Å². The summed E-state index contributed by atoms with van der Waals surface area (Å²) in [5.74, 6) is 0.533. The van der Waals surface area contributed by atoms with Crippen LogP contribution in [0.5, 0.6) is 5.75 Å². The number of rotatable bonds is 6. The monoisotopic (exact) mass is 357 g/mol. The normalized spacial score (nSPS) is 10.9. The van der Waals surface area contributed by atoms with Crippen LogP contribution < -0.4 is 4.74 Å². The van der Waals surface area contributed by atoms with Gasteiger partial charge in [-0.05, 0) is 18.1 Å². The lowest BCUT2D eigenvalue weighted by Crippen LogP contribution is -2.08. The van der Waals surface area contributed by atoms with E-state index in [4.69, 9.17) is 9.47 Å². The largest absolute Gasteiger partial charge is 0.496 e. The molecule has 6 nitrogen and oxygen atoms in total. The van der Waals surface area contributed by atoms with E-state index in [0.717, 1.165) is 22.0 Å². The van der Waals surface area contributed by atoms with Crippen molar-refractivity contribution in [3.05, 3.63) is 52.8 Å². The zero-order chi connectivity index (χ0) is 17.8. The molecular weight excluding hydrogens is 338 g/mol. The number of H-pyrrole nitrogens is 1. The zero-order valence-corrected chi connectivity index (χ0v) is 15.1. The van der Waals surface area contributed by atoms with Crippen molar-refractivity contribution >= 4 is 17.3 Å². The van der Waals surface area contributed by atoms with Crippen molar-refractivity contribution in [2.24, 2.45) is 0 Å². The van der Waals surface area contributed by atoms with Gasteiger partial charge in [0.05, 0.1) is 30.3 Å². The van der Waals surface area contributed by atoms with Crippen LogP contribution in [-0.2, 0) is 11.3 Å². The molecule has 0 aliphatic heterocycles. The van der Waals surface area contributed by atoms with E-state index in [9.17, 15) is 4.79 Å². The highest BCUT2D eigenvalue weighted by atomic mass is 32.1. The number of hydrogen-bond donors (Lipinski definition) is 1. The molecule has 0 aliphatic rings. The van der Waals surface area contributed by atoms with Gasteiger partial charge in [-0.25, -0.2) is 9.78 Å². The van der Waals surface area contributed by atoms with Crippen molar-refractivity contribution in [1.29, 1.82) is 0 Å². The third kappa shape index (κ3) is 3.71. The molecule has 0 unspecified atom stereocenters. The summed E-state index contributed by atoms with van der Waals surface area (Å²) in [7, 11) is 1.63. The lowest BCUT2D eigenvalue weighted by atomic mass is 10.1. The number of carbonyl (C=O) groups is 1. The Morgan fingerprint density at radius 1 is 1.32 bits per heavy atom. The summed E-state index contributed by atoms with van der Waals surface area (Å²) in [6.07, 6.45) is 1.50. The molecule has 0 bridgehead atoms. The fraction of sp³-hybridized carbons (Fsp3) is 0.278. The van der Waals surface area contributed by atoms with E-state index in [0.29, 0.717) is 11.3 Å². The number of nitrogens with one attached hydrogen (secondary N) is 1. The van der Waals surface area contributed by atoms with E-state index >= 15 is 0 Å². The van der Waals surface area contributed by atoms with Crippen LogP contribution in [0.2, 0.25) is 0 Å². The molecule has 1 N–H and O–H groups in total. The Balaban J connectivity index is 1.70. The predicted octanol–water partition coefficient (Wildman–Crippen LogP) is 4.02. The molecule has 130 valence electrons. The van der Waals surface area contributed by atoms with E-state index in [1.54, 1.807) is 7.11 Å². The second kappa shape index (κ2) is 7.48. The molecule has 3 aromatic rings. The molecule has 1 aromatic carbocycles. The maximum absolute atomic E-state index is 12.3. The van der Waals surface area contributed by atoms with Crippen LogP contribution in [0.4, 0.5) is 0 Å². The van der Waals surface area contributed by atoms with Gasteiger partial charge in [0.2, 0.25) is 0 Å². The van der Waals surface area contributed by atoms with Gasteiger partial charge in [-0.1, -0.05) is 26.0 Å². The SMILES string of the molecule is COc1ccccc1-c1nc(COC(=O)c2cn[nH]c2C(C)C)cs1. The van der Waals surface area contributed by atoms with Gasteiger partial charge in [-0.2, -0.15) is 5.10 Å². The molecule has 7 heteroatoms. The van der Waals surface area contributed by atoms with E-state index in [1.807, 2.05) is 43.5 Å². The summed E-state index contributed by atoms with van der Waals surface area (Å²) in [5, 5.41) is 9.48. The Kier molecular flexibility index (Phi) is 5.14. The number of hydrogen-bond acceptors (Lipinski definition) is 6. The van der Waals surface area contributed by atoms with Crippen molar-refractivity contribution in [1.82, 2.24) is 15.2 Å². The summed E-state index contributed by atoms with van der Waals surface area (Å²) in [4.78, 5) is 16.8. The van der Waals surface area contributed by atoms with E-state index in [2.05, 4.69) is 15.2 Å². The average Bonchev–Trinajstić information content (AvgIpc) is 3.29. The van der Waals surface area contributed by atoms with Crippen LogP contribution in [0.15, 0.2) is 35.8 Å². The first kappa shape index (κ1) is 17.2. The number of esters is 1. The van der Waals surface area contributed by atoms with E-state index in [1.165, 1.54) is 17.5 Å². The fourth-order valence-corrected chi connectivity index (χ4v) is 3.27. The molecule has 0 spiro atoms. The number of aromatic amines is 1. The summed E-state index contributed by atoms with van der Waals surface area (Å²) in [6.45, 7) is 4.10. The van der Waals surface area contributed by atoms with E-state index < -0.39 is 5.97 Å². The van der Waals surface area contributed by atoms with Crippen LogP contribution in [0.25, 0.3) is 10.6 Å². The zero-order valence-electron chi connectivity index (χ0n) is 14.3. The minimum absolute atomic E-state index is 0.118. The molecule has 25 heavy (non-hydrogen) atoms. The Hall–Kier alpha value is -2.67. The Labute approximate surface area is 149 Å². The molecule has 2 heterocycles. The molecule has 0 aliphatic carbocycles. The Morgan fingerprint density at radius 3 is 2.88 bits per heavy atom. The molecule has 3 rings (SSSR count). The maximum Gasteiger partial charge on any atom is 0.342 e. The number of aromatic nitrogens is 3. The van der Waals surface area contributed by atoms with Crippen LogP contribution in [-0.4, -0.2) is 28.3 Å². The number of thiazole rings is 1. The summed E-state index contributed by atoms with van der Waals surface area (Å²) in [6, 6.07) is 7.69. The second-order valence-electron chi connectivity index (χ2n) is 5.77. The van der Waals surface area contributed by atoms with Gasteiger partial charge in [-0.15, -0.1) is 11.3 Å². The smallest absolute Gasteiger partial charge is 0.342 e. The standard InChI is InChI=1S/C18H19N3O3S/c1-11(2)16-14(8-19-21-16)18(22)24-9-12-10-25-17(20-12)13-6-4-5-7-15(13)23-3/h4-8,10-11H,9H2,1-3H3,(H,19,21). The van der Waals surface area contributed by atoms with Gasteiger partial charge in [-0.3, -0.25) is 5.10 Å². The lowest BCUT2D eigenvalue weighted by molar-refractivity contribution is 0.0467. The molecule has 0 saturated heterocycles. The number of methoxy groups -OCH3 is 1. The van der Waals surface area contributed by atoms with Gasteiger partial charge in [0.1, 0.15) is 22.9 Å². The topological polar surface area (TPSA) is 77.1 Å². The number of benzene rings is 1. The molecule has 0 amide bonds. The number of para-hydroxylation sites is 1. The molecule has 0 atom stereocenters. The van der Waals surface area contributed by atoms with Gasteiger partial charge < -0.3 is 9.47 Å². The van der Waals surface area contributed by atoms with Crippen molar-refractivity contribution < 1.29 is 14.3 Å². The highest BCUT2D eigenvalue weighted by Gasteiger charge is 2.18. The van der Waals surface area contributed by atoms with Crippen molar-refractivity contribution in [2.75, 3.05) is 7.11 Å². The first-order valence-corrected chi connectivity index (χ1v) is 8.76. The lowest BCUT2D eigenvalue weighted by Gasteiger charge is -2.06. The third-order valence-electron chi connectivity index (χ3n) is 3.71. The average molecular weight is 357 g/mol. The van der Waals surface area contributed by atoms with E-state index in [-0.39, 0.29) is 12.5 Å². The number of ether oxygens (including phenoxy) is 2. The van der Waals surface area contributed by atoms with Crippen LogP contribution in [0.3, 0.4) is 0 Å². The molecular formula is C18H19N3O3S. The number of nitrogens with zero attached hydrogens (tertiary/aromatic N) is 2. The van der Waals surface area contributed by atoms with Crippen molar-refractivity contribution in [3.8, 4) is 16.3 Å². The predicted molar refractivity (Wildman–Crippen MR) is 95.9 cm³/mol. The minimum Gasteiger partial charge on any atom is -0.496 e. The summed E-state index contributed by atoms with van der Waals surface area (Å²) < 4.78 is 10.7. The first-order chi connectivity index (χ1) is 12.1. The molecule has 0 radical (unpaired) electrons. The molecule has 0 fully saturated rings. The summed E-state index contributed by atoms with van der Waals surface area (Å²) in [5.41, 5.74) is 2.87. The Bertz CT molecular complexity index is 870. The van der Waals surface area contributed by atoms with Crippen LogP contribution in [0, 0.1) is 0 Å². The fourth-order valence-electron chi connectivity index (χ4n) is 2.43. The third-order valence-corrected chi connectivity index (χ3v) is 4.63. The molecule has 2 aromatic heterocycles. The van der Waals surface area contributed by atoms with Crippen molar-refractivity contribution in [3.63, 3.8) is 0 Å². The number of carbonyl (C=O) groups excluding carboxylic acids is 1. The van der Waals surface area contributed by atoms with Gasteiger partial charge in [0.15, 0.2) is 0 Å². The van der Waals surface area contributed by atoms with Crippen LogP contribution >= 0.6 is 11.3 Å². The highest BCUT2D eigenvalue weighted by molar-refractivity contribution is 7.13. The van der Waals surface area contributed by atoms with Gasteiger partial charge in [0.25, 0.3) is 0 Å². The Morgan fingerprint density at radius 2 is 2.12 bits per heavy atom. The van der Waals surface area contributed by atoms with Crippen LogP contribution in [0.1, 0.15) is 41.5 Å². The van der Waals surface area contributed by atoms with Crippen molar-refractivity contribution in [2.45, 2.75) is 26.4 Å². The quantitative estimate of drug-likeness (QED) is 0.674. The second-order valence-corrected chi connectivity index (χ2v) is 6.63. The maximum atomic E-state index is 12.3. The molecule has 0 saturated carbocycles. The van der Waals surface area contributed by atoms with Gasteiger partial charge in [0, 0.05) is 5.38 Å². The minimum atomic E-state index is -0.399. The summed E-state index contributed by atoms with van der Waals surface area (Å²) >= 11 is 1.49. The first-order valence-electron chi connectivity index (χ1n) is 7.88. The highest BCUT2D eigenvalue weighted by Crippen LogP contribution is 2.32.